The summed E-state index contributed by atoms with van der Waals surface area (Å²) in [6.07, 6.45) is 8.54. The first-order valence-corrected chi connectivity index (χ1v) is 9.15. The summed E-state index contributed by atoms with van der Waals surface area (Å²) in [4.78, 5) is 0. The first kappa shape index (κ1) is 27.6. The highest BCUT2D eigenvalue weighted by Crippen LogP contribution is 2.14. The second-order valence-corrected chi connectivity index (χ2v) is 4.44. The van der Waals surface area contributed by atoms with Crippen LogP contribution in [0.5, 0.6) is 0 Å². The molecule has 0 saturated carbocycles. The van der Waals surface area contributed by atoms with Crippen LogP contribution in [0, 0.1) is 0 Å². The van der Waals surface area contributed by atoms with Crippen LogP contribution in [-0.4, -0.2) is 0 Å². The molecule has 0 saturated heterocycles. The van der Waals surface area contributed by atoms with Gasteiger partial charge in [0.25, 0.3) is 0 Å². The number of allylic oxidation sites excluding steroid dienone is 4. The summed E-state index contributed by atoms with van der Waals surface area (Å²) in [7, 11) is 0. The zero-order valence-corrected chi connectivity index (χ0v) is 17.6. The molecule has 1 aromatic carbocycles. The number of hydrogen-bond donors (Lipinski definition) is 0. The van der Waals surface area contributed by atoms with Crippen molar-refractivity contribution in [3.05, 3.63) is 78.2 Å². The van der Waals surface area contributed by atoms with E-state index in [2.05, 4.69) is 48.5 Å². The van der Waals surface area contributed by atoms with Gasteiger partial charge in [0.15, 0.2) is 0 Å². The fourth-order valence-electron chi connectivity index (χ4n) is 1.62. The van der Waals surface area contributed by atoms with E-state index in [-0.39, 0.29) is 0 Å². The molecule has 0 spiro atoms. The minimum Gasteiger partial charge on any atom is -0.155 e. The Bertz CT molecular complexity index is 535. The van der Waals surface area contributed by atoms with Crippen LogP contribution >= 0.6 is 0 Å². The lowest BCUT2D eigenvalue weighted by Gasteiger charge is -2.02. The van der Waals surface area contributed by atoms with Crippen molar-refractivity contribution in [3.63, 3.8) is 0 Å². The summed E-state index contributed by atoms with van der Waals surface area (Å²) in [5.74, 6) is 0. The van der Waals surface area contributed by atoms with E-state index in [4.69, 9.17) is 0 Å². The lowest BCUT2D eigenvalue weighted by molar-refractivity contribution is 1.09. The van der Waals surface area contributed by atoms with Gasteiger partial charge in [-0.25, -0.2) is 0 Å². The van der Waals surface area contributed by atoms with Gasteiger partial charge in [-0.15, -0.1) is 6.58 Å². The molecule has 2 nitrogen and oxygen atoms in total. The van der Waals surface area contributed by atoms with Crippen LogP contribution in [0.1, 0.15) is 66.5 Å². The van der Waals surface area contributed by atoms with E-state index in [0.29, 0.717) is 5.70 Å². The summed E-state index contributed by atoms with van der Waals surface area (Å²) < 4.78 is 0. The van der Waals surface area contributed by atoms with E-state index in [9.17, 15) is 0 Å². The Kier molecular flexibility index (Phi) is 24.1. The number of benzene rings is 1. The maximum atomic E-state index is 4.15. The molecule has 140 valence electrons. The predicted molar refractivity (Wildman–Crippen MR) is 117 cm³/mol. The summed E-state index contributed by atoms with van der Waals surface area (Å²) in [5.41, 5.74) is 4.06. The quantitative estimate of drug-likeness (QED) is 0.291. The SMILES string of the molecule is C=C(/C=C\C)N=N/C(C)=C/c1ccccc1CC.C=CC.CC.CC. The van der Waals surface area contributed by atoms with E-state index in [1.165, 1.54) is 11.1 Å². The zero-order chi connectivity index (χ0) is 20.1. The maximum absolute atomic E-state index is 4.15. The van der Waals surface area contributed by atoms with Crippen molar-refractivity contribution >= 4 is 6.08 Å². The minimum absolute atomic E-state index is 0.661. The summed E-state index contributed by atoms with van der Waals surface area (Å²) in [6.45, 7) is 23.1. The van der Waals surface area contributed by atoms with Gasteiger partial charge in [0.05, 0.1) is 11.4 Å². The van der Waals surface area contributed by atoms with Crippen molar-refractivity contribution in [1.29, 1.82) is 0 Å². The fourth-order valence-corrected chi connectivity index (χ4v) is 1.62. The highest BCUT2D eigenvalue weighted by atomic mass is 15.1. The molecule has 0 N–H and O–H groups in total. The third-order valence-electron chi connectivity index (χ3n) is 2.50. The Hall–Kier alpha value is -2.22. The van der Waals surface area contributed by atoms with Crippen molar-refractivity contribution < 1.29 is 0 Å². The van der Waals surface area contributed by atoms with Crippen LogP contribution in [0.25, 0.3) is 6.08 Å². The second-order valence-electron chi connectivity index (χ2n) is 4.44. The molecular weight excluding hydrogens is 304 g/mol. The number of aryl methyl sites for hydroxylation is 1. The zero-order valence-electron chi connectivity index (χ0n) is 17.6. The van der Waals surface area contributed by atoms with Crippen molar-refractivity contribution in [1.82, 2.24) is 0 Å². The average Bonchev–Trinajstić information content (AvgIpc) is 2.65. The lowest BCUT2D eigenvalue weighted by Crippen LogP contribution is -1.85. The molecule has 0 bridgehead atoms. The maximum Gasteiger partial charge on any atom is 0.0782 e. The molecule has 0 atom stereocenters. The largest absolute Gasteiger partial charge is 0.155 e. The molecule has 0 aromatic heterocycles. The molecule has 1 rings (SSSR count). The van der Waals surface area contributed by atoms with Crippen molar-refractivity contribution in [2.45, 2.75) is 61.8 Å². The van der Waals surface area contributed by atoms with Crippen molar-refractivity contribution in [2.75, 3.05) is 0 Å². The molecule has 0 heterocycles. The van der Waals surface area contributed by atoms with Gasteiger partial charge in [0.1, 0.15) is 0 Å². The molecule has 0 amide bonds. The molecule has 0 fully saturated rings. The van der Waals surface area contributed by atoms with Gasteiger partial charge >= 0.3 is 0 Å². The van der Waals surface area contributed by atoms with Gasteiger partial charge in [0.2, 0.25) is 0 Å². The molecule has 2 heteroatoms. The van der Waals surface area contributed by atoms with Crippen LogP contribution in [0.15, 0.2) is 77.3 Å². The van der Waals surface area contributed by atoms with E-state index >= 15 is 0 Å². The number of nitrogens with zero attached hydrogens (tertiary/aromatic N) is 2. The van der Waals surface area contributed by atoms with Gasteiger partial charge in [0, 0.05) is 0 Å². The van der Waals surface area contributed by atoms with Crippen LogP contribution < -0.4 is 0 Å². The fraction of sp³-hybridized carbons (Fsp3) is 0.391. The first-order valence-electron chi connectivity index (χ1n) is 9.15. The molecule has 0 aliphatic rings. The molecule has 0 unspecified atom stereocenters. The molecule has 25 heavy (non-hydrogen) atoms. The number of azo groups is 1. The molecule has 1 aromatic rings. The normalized spacial score (nSPS) is 10.0. The smallest absolute Gasteiger partial charge is 0.0782 e. The molecule has 0 radical (unpaired) electrons. The Balaban J connectivity index is -0.000000605. The van der Waals surface area contributed by atoms with Crippen molar-refractivity contribution in [2.24, 2.45) is 10.2 Å². The molecular formula is C23H38N2. The van der Waals surface area contributed by atoms with Gasteiger partial charge in [-0.05, 0) is 50.5 Å². The summed E-state index contributed by atoms with van der Waals surface area (Å²) >= 11 is 0. The van der Waals surface area contributed by atoms with Gasteiger partial charge in [-0.3, -0.25) is 0 Å². The third kappa shape index (κ3) is 16.4. The van der Waals surface area contributed by atoms with Crippen molar-refractivity contribution in [3.8, 4) is 0 Å². The van der Waals surface area contributed by atoms with Crippen LogP contribution in [0.3, 0.4) is 0 Å². The monoisotopic (exact) mass is 342 g/mol. The third-order valence-corrected chi connectivity index (χ3v) is 2.50. The Morgan fingerprint density at radius 3 is 2.04 bits per heavy atom. The topological polar surface area (TPSA) is 24.7 Å². The van der Waals surface area contributed by atoms with Crippen LogP contribution in [0.4, 0.5) is 0 Å². The van der Waals surface area contributed by atoms with E-state index in [1.54, 1.807) is 6.08 Å². The lowest BCUT2D eigenvalue weighted by atomic mass is 10.0. The Labute approximate surface area is 156 Å². The summed E-state index contributed by atoms with van der Waals surface area (Å²) in [5, 5.41) is 8.19. The van der Waals surface area contributed by atoms with Crippen LogP contribution in [0.2, 0.25) is 0 Å². The van der Waals surface area contributed by atoms with E-state index < -0.39 is 0 Å². The van der Waals surface area contributed by atoms with Gasteiger partial charge in [-0.1, -0.05) is 77.6 Å². The molecule has 0 aliphatic carbocycles. The van der Waals surface area contributed by atoms with Crippen LogP contribution in [-0.2, 0) is 6.42 Å². The molecule has 0 aliphatic heterocycles. The Morgan fingerprint density at radius 2 is 1.56 bits per heavy atom. The second kappa shape index (κ2) is 21.8. The van der Waals surface area contributed by atoms with Gasteiger partial charge < -0.3 is 0 Å². The highest BCUT2D eigenvalue weighted by Gasteiger charge is 1.96. The average molecular weight is 343 g/mol. The van der Waals surface area contributed by atoms with Gasteiger partial charge in [-0.2, -0.15) is 10.2 Å². The highest BCUT2D eigenvalue weighted by molar-refractivity contribution is 5.56. The first-order chi connectivity index (χ1) is 12.1. The standard InChI is InChI=1S/C16H20N2.C3H6.2C2H6/c1-5-9-13(3)17-18-14(4)12-16-11-8-7-10-15(16)6-2;1-3-2;2*1-2/h5,7-12H,3,6H2,1-2,4H3;3H,1H2,2H3;2*1-2H3/b9-5-,14-12+,18-17?;;;. The number of rotatable bonds is 5. The summed E-state index contributed by atoms with van der Waals surface area (Å²) in [6, 6.07) is 8.32. The predicted octanol–water partition coefficient (Wildman–Crippen LogP) is 8.40. The number of hydrogen-bond acceptors (Lipinski definition) is 2. The van der Waals surface area contributed by atoms with E-state index in [1.807, 2.05) is 72.8 Å². The minimum atomic E-state index is 0.661. The Morgan fingerprint density at radius 1 is 1.04 bits per heavy atom. The van der Waals surface area contributed by atoms with E-state index in [0.717, 1.165) is 12.1 Å².